The predicted octanol–water partition coefficient (Wildman–Crippen LogP) is 3.32. The van der Waals surface area contributed by atoms with E-state index in [1.54, 1.807) is 0 Å². The number of hydrogen-bond acceptors (Lipinski definition) is 7. The molecule has 2 bridgehead atoms. The molecule has 2 fully saturated rings. The van der Waals surface area contributed by atoms with Crippen molar-refractivity contribution < 1.29 is 4.79 Å². The summed E-state index contributed by atoms with van der Waals surface area (Å²) in [5.74, 6) is 0.955. The van der Waals surface area contributed by atoms with E-state index in [0.29, 0.717) is 29.0 Å². The van der Waals surface area contributed by atoms with Gasteiger partial charge in [0.1, 0.15) is 17.8 Å². The fourth-order valence-corrected chi connectivity index (χ4v) is 5.36. The lowest BCUT2D eigenvalue weighted by Gasteiger charge is -2.23. The Labute approximate surface area is 203 Å². The van der Waals surface area contributed by atoms with E-state index in [4.69, 9.17) is 10.8 Å². The number of piperidine rings is 1. The summed E-state index contributed by atoms with van der Waals surface area (Å²) in [4.78, 5) is 23.5. The molecule has 2 aromatic carbocycles. The first-order chi connectivity index (χ1) is 17.0. The Morgan fingerprint density at radius 2 is 1.97 bits per heavy atom. The van der Waals surface area contributed by atoms with Crippen LogP contribution in [-0.2, 0) is 0 Å². The summed E-state index contributed by atoms with van der Waals surface area (Å²) >= 11 is 0. The SMILES string of the molecule is CN(C)c1cccc(C(=O)Nc2ccc(-c3nn(C4CC5CNC4C5)c4ncnc(N)c34)cc2)c1. The highest BCUT2D eigenvalue weighted by Crippen LogP contribution is 2.42. The summed E-state index contributed by atoms with van der Waals surface area (Å²) in [5.41, 5.74) is 11.0. The number of nitrogens with one attached hydrogen (secondary N) is 2. The summed E-state index contributed by atoms with van der Waals surface area (Å²) in [5, 5.41) is 12.3. The molecule has 6 rings (SSSR count). The van der Waals surface area contributed by atoms with Crippen molar-refractivity contribution in [3.8, 4) is 11.3 Å². The minimum Gasteiger partial charge on any atom is -0.383 e. The van der Waals surface area contributed by atoms with E-state index in [1.807, 2.05) is 72.2 Å². The topological polar surface area (TPSA) is 114 Å². The van der Waals surface area contributed by atoms with Crippen molar-refractivity contribution >= 4 is 34.1 Å². The molecule has 4 N–H and O–H groups in total. The van der Waals surface area contributed by atoms with Crippen LogP contribution in [0.3, 0.4) is 0 Å². The van der Waals surface area contributed by atoms with Crippen LogP contribution in [0.2, 0.25) is 0 Å². The molecule has 1 saturated heterocycles. The molecule has 1 aliphatic heterocycles. The van der Waals surface area contributed by atoms with Gasteiger partial charge in [0, 0.05) is 42.6 Å². The van der Waals surface area contributed by atoms with E-state index in [-0.39, 0.29) is 11.9 Å². The summed E-state index contributed by atoms with van der Waals surface area (Å²) in [6, 6.07) is 15.9. The fraction of sp³-hybridized carbons (Fsp3) is 0.308. The predicted molar refractivity (Wildman–Crippen MR) is 137 cm³/mol. The van der Waals surface area contributed by atoms with E-state index in [0.717, 1.165) is 40.9 Å². The number of fused-ring (bicyclic) bond motifs is 3. The lowest BCUT2D eigenvalue weighted by atomic mass is 10.1. The molecule has 1 amide bonds. The third kappa shape index (κ3) is 3.77. The third-order valence-electron chi connectivity index (χ3n) is 7.17. The maximum atomic E-state index is 12.8. The Hall–Kier alpha value is -3.98. The monoisotopic (exact) mass is 468 g/mol. The summed E-state index contributed by atoms with van der Waals surface area (Å²) in [6.45, 7) is 1.08. The second-order valence-electron chi connectivity index (χ2n) is 9.65. The smallest absolute Gasteiger partial charge is 0.255 e. The van der Waals surface area contributed by atoms with Crippen LogP contribution in [0.1, 0.15) is 29.2 Å². The van der Waals surface area contributed by atoms with Crippen molar-refractivity contribution in [1.82, 2.24) is 25.1 Å². The van der Waals surface area contributed by atoms with Crippen molar-refractivity contribution in [3.05, 3.63) is 60.4 Å². The normalized spacial score (nSPS) is 20.9. The van der Waals surface area contributed by atoms with Gasteiger partial charge in [-0.3, -0.25) is 4.79 Å². The number of nitrogen functional groups attached to an aromatic ring is 1. The molecule has 3 atom stereocenters. The van der Waals surface area contributed by atoms with Crippen LogP contribution in [0.4, 0.5) is 17.2 Å². The van der Waals surface area contributed by atoms with Crippen LogP contribution in [-0.4, -0.2) is 52.3 Å². The van der Waals surface area contributed by atoms with Crippen LogP contribution in [0, 0.1) is 5.92 Å². The maximum absolute atomic E-state index is 12.8. The summed E-state index contributed by atoms with van der Waals surface area (Å²) < 4.78 is 2.03. The second-order valence-corrected chi connectivity index (χ2v) is 9.65. The standard InChI is InChI=1S/C26H28N8O/c1-33(2)19-5-3-4-17(12-19)26(35)31-18-8-6-16(7-9-18)23-22-24(27)29-14-30-25(22)34(32-23)21-11-15-10-20(21)28-13-15/h3-9,12,14-15,20-21,28H,10-11,13H2,1-2H3,(H,31,35)(H2,27,29,30). The van der Waals surface area contributed by atoms with Gasteiger partial charge in [0.2, 0.25) is 0 Å². The number of carbonyl (C=O) groups excluding carboxylic acids is 1. The molecule has 0 radical (unpaired) electrons. The van der Waals surface area contributed by atoms with Crippen molar-refractivity contribution in [3.63, 3.8) is 0 Å². The number of aromatic nitrogens is 4. The lowest BCUT2D eigenvalue weighted by molar-refractivity contribution is 0.102. The number of hydrogen-bond donors (Lipinski definition) is 3. The lowest BCUT2D eigenvalue weighted by Crippen LogP contribution is -2.35. The number of amides is 1. The van der Waals surface area contributed by atoms with Gasteiger partial charge in [-0.15, -0.1) is 0 Å². The number of anilines is 3. The highest BCUT2D eigenvalue weighted by molar-refractivity contribution is 6.05. The van der Waals surface area contributed by atoms with Crippen molar-refractivity contribution in [2.24, 2.45) is 5.92 Å². The van der Waals surface area contributed by atoms with Gasteiger partial charge in [-0.2, -0.15) is 5.10 Å². The zero-order valence-electron chi connectivity index (χ0n) is 19.8. The van der Waals surface area contributed by atoms with Crippen LogP contribution >= 0.6 is 0 Å². The van der Waals surface area contributed by atoms with Crippen LogP contribution in [0.5, 0.6) is 0 Å². The van der Waals surface area contributed by atoms with Gasteiger partial charge < -0.3 is 21.3 Å². The Balaban J connectivity index is 1.29. The van der Waals surface area contributed by atoms with Gasteiger partial charge in [-0.1, -0.05) is 18.2 Å². The number of benzene rings is 2. The molecule has 4 aromatic rings. The quantitative estimate of drug-likeness (QED) is 0.412. The molecule has 0 spiro atoms. The first kappa shape index (κ1) is 21.5. The first-order valence-corrected chi connectivity index (χ1v) is 11.9. The summed E-state index contributed by atoms with van der Waals surface area (Å²) in [6.07, 6.45) is 3.77. The molecule has 35 heavy (non-hydrogen) atoms. The molecular weight excluding hydrogens is 440 g/mol. The first-order valence-electron chi connectivity index (χ1n) is 11.9. The highest BCUT2D eigenvalue weighted by Gasteiger charge is 2.42. The highest BCUT2D eigenvalue weighted by atomic mass is 16.1. The molecule has 2 aromatic heterocycles. The molecule has 3 unspecified atom stereocenters. The van der Waals surface area contributed by atoms with E-state index >= 15 is 0 Å². The average molecular weight is 469 g/mol. The average Bonchev–Trinajstić information content (AvgIpc) is 3.59. The van der Waals surface area contributed by atoms with E-state index in [1.165, 1.54) is 12.7 Å². The molecule has 1 aliphatic carbocycles. The van der Waals surface area contributed by atoms with Gasteiger partial charge in [0.05, 0.1) is 11.4 Å². The third-order valence-corrected chi connectivity index (χ3v) is 7.17. The Bertz CT molecular complexity index is 1410. The van der Waals surface area contributed by atoms with Gasteiger partial charge >= 0.3 is 0 Å². The number of rotatable bonds is 5. The van der Waals surface area contributed by atoms with E-state index in [9.17, 15) is 4.79 Å². The molecule has 9 nitrogen and oxygen atoms in total. The van der Waals surface area contributed by atoms with Gasteiger partial charge in [0.15, 0.2) is 5.65 Å². The minimum absolute atomic E-state index is 0.155. The number of nitrogens with two attached hydrogens (primary N) is 1. The largest absolute Gasteiger partial charge is 0.383 e. The fourth-order valence-electron chi connectivity index (χ4n) is 5.36. The molecule has 3 heterocycles. The minimum atomic E-state index is -0.155. The van der Waals surface area contributed by atoms with Crippen molar-refractivity contribution in [2.75, 3.05) is 36.6 Å². The van der Waals surface area contributed by atoms with Crippen molar-refractivity contribution in [1.29, 1.82) is 0 Å². The Morgan fingerprint density at radius 3 is 2.69 bits per heavy atom. The van der Waals surface area contributed by atoms with Crippen LogP contribution in [0.25, 0.3) is 22.3 Å². The Morgan fingerprint density at radius 1 is 1.14 bits per heavy atom. The number of nitrogens with zero attached hydrogens (tertiary/aromatic N) is 5. The van der Waals surface area contributed by atoms with Crippen molar-refractivity contribution in [2.45, 2.75) is 24.9 Å². The van der Waals surface area contributed by atoms with E-state index in [2.05, 4.69) is 20.6 Å². The summed E-state index contributed by atoms with van der Waals surface area (Å²) in [7, 11) is 3.90. The van der Waals surface area contributed by atoms with Crippen LogP contribution < -0.4 is 21.3 Å². The maximum Gasteiger partial charge on any atom is 0.255 e. The molecule has 1 saturated carbocycles. The molecule has 178 valence electrons. The van der Waals surface area contributed by atoms with Gasteiger partial charge in [0.25, 0.3) is 5.91 Å². The second kappa shape index (κ2) is 8.35. The Kier molecular flexibility index (Phi) is 5.14. The molecule has 2 aliphatic rings. The molecular formula is C26H28N8O. The van der Waals surface area contributed by atoms with Crippen LogP contribution in [0.15, 0.2) is 54.9 Å². The zero-order valence-corrected chi connectivity index (χ0v) is 19.8. The zero-order chi connectivity index (χ0) is 24.1. The van der Waals surface area contributed by atoms with E-state index < -0.39 is 0 Å². The number of carbonyl (C=O) groups is 1. The van der Waals surface area contributed by atoms with Gasteiger partial charge in [-0.25, -0.2) is 14.6 Å². The van der Waals surface area contributed by atoms with Gasteiger partial charge in [-0.05, 0) is 55.6 Å². The molecule has 9 heteroatoms.